The van der Waals surface area contributed by atoms with Crippen LogP contribution in [-0.2, 0) is 10.0 Å². The molecule has 0 atom stereocenters. The van der Waals surface area contributed by atoms with Gasteiger partial charge in [0, 0.05) is 23.7 Å². The number of nitrogens with zero attached hydrogens (tertiary/aromatic N) is 1. The summed E-state index contributed by atoms with van der Waals surface area (Å²) in [6.45, 7) is 1.12. The van der Waals surface area contributed by atoms with Crippen molar-refractivity contribution in [2.24, 2.45) is 0 Å². The van der Waals surface area contributed by atoms with Crippen LogP contribution in [0.1, 0.15) is 0 Å². The van der Waals surface area contributed by atoms with Gasteiger partial charge in [0.05, 0.1) is 15.6 Å². The molecule has 1 N–H and O–H groups in total. The molecule has 164 valence electrons. The first-order valence-corrected chi connectivity index (χ1v) is 11.6. The lowest BCUT2D eigenvalue weighted by Gasteiger charge is -2.14. The van der Waals surface area contributed by atoms with Gasteiger partial charge in [0.15, 0.2) is 0 Å². The third-order valence-electron chi connectivity index (χ3n) is 4.14. The Kier molecular flexibility index (Phi) is 7.67. The maximum atomic E-state index is 12.9. The molecule has 0 aromatic heterocycles. The Hall–Kier alpha value is -2.45. The monoisotopic (exact) mass is 480 g/mol. The van der Waals surface area contributed by atoms with Crippen LogP contribution >= 0.6 is 23.2 Å². The standard InChI is InChI=1S/C22H22Cl2N2O4S/c1-26(2)12-13-29-22-14-17(8-11-21(22)24)25-31(27,28)20-5-3-4-19(15-20)30-18-9-6-16(23)7-10-18/h3-11,14-15,25H,12-13H2,1-2H3. The SMILES string of the molecule is CN(C)CCOc1cc(NS(=O)(=O)c2cccc(Oc3ccc(Cl)cc3)c2)ccc1Cl. The largest absolute Gasteiger partial charge is 0.491 e. The van der Waals surface area contributed by atoms with E-state index in [1.54, 1.807) is 54.6 Å². The molecular weight excluding hydrogens is 459 g/mol. The highest BCUT2D eigenvalue weighted by atomic mass is 35.5. The van der Waals surface area contributed by atoms with Gasteiger partial charge in [0.2, 0.25) is 0 Å². The summed E-state index contributed by atoms with van der Waals surface area (Å²) >= 11 is 12.0. The van der Waals surface area contributed by atoms with Gasteiger partial charge in [-0.05, 0) is 62.6 Å². The summed E-state index contributed by atoms with van der Waals surface area (Å²) in [5, 5.41) is 0.987. The van der Waals surface area contributed by atoms with Crippen molar-refractivity contribution >= 4 is 38.9 Å². The number of anilines is 1. The number of hydrogen-bond donors (Lipinski definition) is 1. The molecule has 0 bridgehead atoms. The summed E-state index contributed by atoms with van der Waals surface area (Å²) in [5.74, 6) is 1.33. The molecule has 0 amide bonds. The van der Waals surface area contributed by atoms with Gasteiger partial charge < -0.3 is 14.4 Å². The van der Waals surface area contributed by atoms with Crippen LogP contribution in [0, 0.1) is 0 Å². The quantitative estimate of drug-likeness (QED) is 0.436. The van der Waals surface area contributed by atoms with E-state index < -0.39 is 10.0 Å². The van der Waals surface area contributed by atoms with E-state index >= 15 is 0 Å². The smallest absolute Gasteiger partial charge is 0.262 e. The second-order valence-electron chi connectivity index (χ2n) is 6.93. The Morgan fingerprint density at radius 3 is 2.39 bits per heavy atom. The summed E-state index contributed by atoms with van der Waals surface area (Å²) < 4.78 is 39.7. The highest BCUT2D eigenvalue weighted by molar-refractivity contribution is 7.92. The van der Waals surface area contributed by atoms with Crippen LogP contribution < -0.4 is 14.2 Å². The number of benzene rings is 3. The van der Waals surface area contributed by atoms with Gasteiger partial charge in [-0.1, -0.05) is 29.3 Å². The molecular formula is C22H22Cl2N2O4S. The topological polar surface area (TPSA) is 67.9 Å². The molecule has 31 heavy (non-hydrogen) atoms. The average Bonchev–Trinajstić information content (AvgIpc) is 2.72. The lowest BCUT2D eigenvalue weighted by Crippen LogP contribution is -2.19. The Morgan fingerprint density at radius 1 is 0.935 bits per heavy atom. The molecule has 0 spiro atoms. The molecule has 0 aliphatic heterocycles. The van der Waals surface area contributed by atoms with E-state index in [1.165, 1.54) is 12.1 Å². The van der Waals surface area contributed by atoms with Crippen molar-refractivity contribution in [3.8, 4) is 17.2 Å². The van der Waals surface area contributed by atoms with Crippen LogP contribution in [0.5, 0.6) is 17.2 Å². The van der Waals surface area contributed by atoms with Gasteiger partial charge in [0.1, 0.15) is 23.9 Å². The van der Waals surface area contributed by atoms with Crippen molar-refractivity contribution < 1.29 is 17.9 Å². The third kappa shape index (κ3) is 6.77. The zero-order valence-electron chi connectivity index (χ0n) is 17.0. The first kappa shape index (κ1) is 23.2. The van der Waals surface area contributed by atoms with Crippen LogP contribution in [-0.4, -0.2) is 40.6 Å². The molecule has 0 radical (unpaired) electrons. The minimum atomic E-state index is -3.86. The fourth-order valence-electron chi connectivity index (χ4n) is 2.57. The molecule has 0 heterocycles. The molecule has 9 heteroatoms. The summed E-state index contributed by atoms with van der Waals surface area (Å²) in [6, 6.07) is 17.7. The Bertz CT molecular complexity index is 1140. The normalized spacial score (nSPS) is 11.4. The summed E-state index contributed by atoms with van der Waals surface area (Å²) in [6.07, 6.45) is 0. The predicted octanol–water partition coefficient (Wildman–Crippen LogP) is 5.53. The fourth-order valence-corrected chi connectivity index (χ4v) is 3.96. The molecule has 3 aromatic rings. The van der Waals surface area contributed by atoms with Crippen molar-refractivity contribution in [3.05, 3.63) is 76.8 Å². The number of nitrogens with one attached hydrogen (secondary N) is 1. The molecule has 0 aliphatic rings. The third-order valence-corrected chi connectivity index (χ3v) is 6.09. The zero-order chi connectivity index (χ0) is 22.4. The first-order valence-electron chi connectivity index (χ1n) is 9.36. The van der Waals surface area contributed by atoms with Crippen LogP contribution in [0.3, 0.4) is 0 Å². The van der Waals surface area contributed by atoms with E-state index in [9.17, 15) is 8.42 Å². The van der Waals surface area contributed by atoms with E-state index in [4.69, 9.17) is 32.7 Å². The maximum absolute atomic E-state index is 12.9. The number of rotatable bonds is 9. The first-order chi connectivity index (χ1) is 14.7. The fraction of sp³-hybridized carbons (Fsp3) is 0.182. The van der Waals surface area contributed by atoms with Gasteiger partial charge in [0.25, 0.3) is 10.0 Å². The van der Waals surface area contributed by atoms with Crippen LogP contribution in [0.4, 0.5) is 5.69 Å². The molecule has 0 unspecified atom stereocenters. The number of likely N-dealkylation sites (N-methyl/N-ethyl adjacent to an activating group) is 1. The van der Waals surface area contributed by atoms with Crippen molar-refractivity contribution in [2.45, 2.75) is 4.90 Å². The van der Waals surface area contributed by atoms with E-state index in [-0.39, 0.29) is 4.90 Å². The lowest BCUT2D eigenvalue weighted by molar-refractivity contribution is 0.261. The molecule has 6 nitrogen and oxygen atoms in total. The number of halogens is 2. The second kappa shape index (κ2) is 10.2. The maximum Gasteiger partial charge on any atom is 0.262 e. The van der Waals surface area contributed by atoms with E-state index in [0.29, 0.717) is 46.1 Å². The summed E-state index contributed by atoms with van der Waals surface area (Å²) in [4.78, 5) is 2.03. The lowest BCUT2D eigenvalue weighted by atomic mass is 10.3. The second-order valence-corrected chi connectivity index (χ2v) is 9.46. The van der Waals surface area contributed by atoms with Crippen LogP contribution in [0.2, 0.25) is 10.0 Å². The molecule has 3 aromatic carbocycles. The van der Waals surface area contributed by atoms with E-state index in [2.05, 4.69) is 4.72 Å². The van der Waals surface area contributed by atoms with Gasteiger partial charge >= 0.3 is 0 Å². The predicted molar refractivity (Wildman–Crippen MR) is 124 cm³/mol. The van der Waals surface area contributed by atoms with Gasteiger partial charge in [-0.2, -0.15) is 0 Å². The highest BCUT2D eigenvalue weighted by Crippen LogP contribution is 2.30. The van der Waals surface area contributed by atoms with Crippen LogP contribution in [0.15, 0.2) is 71.6 Å². The van der Waals surface area contributed by atoms with Crippen molar-refractivity contribution in [3.63, 3.8) is 0 Å². The number of sulfonamides is 1. The Morgan fingerprint density at radius 2 is 1.68 bits per heavy atom. The Balaban J connectivity index is 1.75. The minimum absolute atomic E-state index is 0.0592. The van der Waals surface area contributed by atoms with Crippen molar-refractivity contribution in [1.29, 1.82) is 0 Å². The molecule has 0 saturated carbocycles. The summed E-state index contributed by atoms with van der Waals surface area (Å²) in [7, 11) is 0.00532. The van der Waals surface area contributed by atoms with Crippen molar-refractivity contribution in [1.82, 2.24) is 4.90 Å². The number of ether oxygens (including phenoxy) is 2. The molecule has 0 fully saturated rings. The van der Waals surface area contributed by atoms with Crippen LogP contribution in [0.25, 0.3) is 0 Å². The molecule has 0 saturated heterocycles. The van der Waals surface area contributed by atoms with Crippen molar-refractivity contribution in [2.75, 3.05) is 32.0 Å². The molecule has 0 aliphatic carbocycles. The van der Waals surface area contributed by atoms with Gasteiger partial charge in [-0.15, -0.1) is 0 Å². The number of hydrogen-bond acceptors (Lipinski definition) is 5. The van der Waals surface area contributed by atoms with E-state index in [0.717, 1.165) is 0 Å². The Labute approximate surface area is 192 Å². The minimum Gasteiger partial charge on any atom is -0.491 e. The van der Waals surface area contributed by atoms with E-state index in [1.807, 2.05) is 19.0 Å². The average molecular weight is 481 g/mol. The highest BCUT2D eigenvalue weighted by Gasteiger charge is 2.16. The zero-order valence-corrected chi connectivity index (χ0v) is 19.3. The molecule has 3 rings (SSSR count). The summed E-state index contributed by atoms with van der Waals surface area (Å²) in [5.41, 5.74) is 0.341. The van der Waals surface area contributed by atoms with Gasteiger partial charge in [-0.3, -0.25) is 4.72 Å². The van der Waals surface area contributed by atoms with Gasteiger partial charge in [-0.25, -0.2) is 8.42 Å².